The Labute approximate surface area is 187 Å². The number of rotatable bonds is 8. The minimum Gasteiger partial charge on any atom is -0.496 e. The lowest BCUT2D eigenvalue weighted by atomic mass is 10.0. The van der Waals surface area contributed by atoms with Crippen molar-refractivity contribution in [2.24, 2.45) is 0 Å². The Bertz CT molecular complexity index is 1280. The van der Waals surface area contributed by atoms with E-state index in [1.807, 2.05) is 43.3 Å². The molecule has 3 aromatic carbocycles. The van der Waals surface area contributed by atoms with Crippen LogP contribution in [0.25, 0.3) is 22.0 Å². The molecule has 6 heteroatoms. The summed E-state index contributed by atoms with van der Waals surface area (Å²) in [6, 6.07) is 21.9. The van der Waals surface area contributed by atoms with Gasteiger partial charge in [0, 0.05) is 23.7 Å². The molecule has 32 heavy (non-hydrogen) atoms. The smallest absolute Gasteiger partial charge is 0.137 e. The fourth-order valence-electron chi connectivity index (χ4n) is 3.74. The summed E-state index contributed by atoms with van der Waals surface area (Å²) in [4.78, 5) is 8.75. The molecule has 0 spiro atoms. The maximum absolute atomic E-state index is 9.27. The molecule has 0 aliphatic rings. The van der Waals surface area contributed by atoms with E-state index in [1.54, 1.807) is 13.2 Å². The number of methoxy groups -OCH3 is 1. The van der Waals surface area contributed by atoms with Crippen molar-refractivity contribution in [1.82, 2.24) is 9.97 Å². The van der Waals surface area contributed by atoms with Crippen LogP contribution < -0.4 is 14.8 Å². The van der Waals surface area contributed by atoms with Crippen molar-refractivity contribution in [3.63, 3.8) is 0 Å². The lowest BCUT2D eigenvalue weighted by molar-refractivity contribution is 0.339. The number of nitriles is 1. The predicted molar refractivity (Wildman–Crippen MR) is 126 cm³/mol. The van der Waals surface area contributed by atoms with Crippen LogP contribution in [0.1, 0.15) is 18.1 Å². The Hall–Kier alpha value is -4.11. The Morgan fingerprint density at radius 3 is 2.69 bits per heavy atom. The van der Waals surface area contributed by atoms with Gasteiger partial charge in [0.2, 0.25) is 0 Å². The van der Waals surface area contributed by atoms with Crippen LogP contribution in [0.3, 0.4) is 0 Å². The predicted octanol–water partition coefficient (Wildman–Crippen LogP) is 5.23. The molecule has 0 unspecified atom stereocenters. The fourth-order valence-corrected chi connectivity index (χ4v) is 3.74. The first-order chi connectivity index (χ1) is 15.7. The molecule has 1 heterocycles. The number of hydrogen-bond acceptors (Lipinski definition) is 6. The van der Waals surface area contributed by atoms with Crippen LogP contribution >= 0.6 is 0 Å². The number of nitrogens with one attached hydrogen (secondary N) is 1. The zero-order valence-electron chi connectivity index (χ0n) is 18.1. The molecule has 0 fully saturated rings. The van der Waals surface area contributed by atoms with Gasteiger partial charge in [0.15, 0.2) is 0 Å². The van der Waals surface area contributed by atoms with Gasteiger partial charge in [-0.05, 0) is 42.3 Å². The van der Waals surface area contributed by atoms with Gasteiger partial charge in [0.05, 0.1) is 25.0 Å². The van der Waals surface area contributed by atoms with E-state index in [0.29, 0.717) is 24.5 Å². The topological polar surface area (TPSA) is 80.1 Å². The van der Waals surface area contributed by atoms with Gasteiger partial charge in [-0.25, -0.2) is 9.97 Å². The van der Waals surface area contributed by atoms with Crippen LogP contribution in [0.5, 0.6) is 11.5 Å². The molecule has 0 amide bonds. The maximum Gasteiger partial charge on any atom is 0.137 e. The molecule has 6 nitrogen and oxygen atoms in total. The van der Waals surface area contributed by atoms with Crippen molar-refractivity contribution in [1.29, 1.82) is 5.26 Å². The molecule has 4 aromatic rings. The first kappa shape index (κ1) is 21.1. The van der Waals surface area contributed by atoms with Crippen LogP contribution in [0.2, 0.25) is 0 Å². The van der Waals surface area contributed by atoms with E-state index in [9.17, 15) is 5.26 Å². The normalized spacial score (nSPS) is 10.5. The number of nitrogens with zero attached hydrogens (tertiary/aromatic N) is 3. The Morgan fingerprint density at radius 2 is 1.88 bits per heavy atom. The minimum absolute atomic E-state index is 0.492. The number of fused-ring (bicyclic) bond motifs is 1. The third-order valence-corrected chi connectivity index (χ3v) is 5.26. The SMILES string of the molecule is CCOc1cc(-c2cc(NCCc3c(OC)ccc4ccccc34)ncn2)ccc1C#N. The highest BCUT2D eigenvalue weighted by Gasteiger charge is 2.10. The molecular formula is C26H24N4O2. The highest BCUT2D eigenvalue weighted by atomic mass is 16.5. The zero-order chi connectivity index (χ0) is 22.3. The van der Waals surface area contributed by atoms with E-state index < -0.39 is 0 Å². The first-order valence-electron chi connectivity index (χ1n) is 10.5. The minimum atomic E-state index is 0.492. The van der Waals surface area contributed by atoms with Crippen molar-refractivity contribution in [3.05, 3.63) is 78.1 Å². The number of benzene rings is 3. The summed E-state index contributed by atoms with van der Waals surface area (Å²) in [5, 5.41) is 15.0. The number of ether oxygens (including phenoxy) is 2. The van der Waals surface area contributed by atoms with Crippen molar-refractivity contribution in [2.45, 2.75) is 13.3 Å². The van der Waals surface area contributed by atoms with Gasteiger partial charge in [-0.15, -0.1) is 0 Å². The lowest BCUT2D eigenvalue weighted by Gasteiger charge is -2.13. The Kier molecular flexibility index (Phi) is 6.47. The highest BCUT2D eigenvalue weighted by molar-refractivity contribution is 5.87. The van der Waals surface area contributed by atoms with Gasteiger partial charge in [-0.2, -0.15) is 5.26 Å². The molecule has 0 aliphatic heterocycles. The highest BCUT2D eigenvalue weighted by Crippen LogP contribution is 2.29. The van der Waals surface area contributed by atoms with Gasteiger partial charge in [-0.3, -0.25) is 0 Å². The molecule has 0 saturated carbocycles. The Balaban J connectivity index is 1.52. The lowest BCUT2D eigenvalue weighted by Crippen LogP contribution is -2.08. The standard InChI is InChI=1S/C26H24N4O2/c1-3-32-25-14-19(8-9-20(25)16-27)23-15-26(30-17-29-23)28-13-12-22-21-7-5-4-6-18(21)10-11-24(22)31-2/h4-11,14-15,17H,3,12-13H2,1-2H3,(H,28,29,30). The third-order valence-electron chi connectivity index (χ3n) is 5.26. The number of hydrogen-bond donors (Lipinski definition) is 1. The summed E-state index contributed by atoms with van der Waals surface area (Å²) in [7, 11) is 1.70. The number of aromatic nitrogens is 2. The summed E-state index contributed by atoms with van der Waals surface area (Å²) in [5.74, 6) is 2.18. The van der Waals surface area contributed by atoms with Crippen molar-refractivity contribution >= 4 is 16.6 Å². The van der Waals surface area contributed by atoms with Gasteiger partial charge >= 0.3 is 0 Å². The first-order valence-corrected chi connectivity index (χ1v) is 10.5. The Morgan fingerprint density at radius 1 is 1.00 bits per heavy atom. The van der Waals surface area contributed by atoms with Gasteiger partial charge in [0.1, 0.15) is 29.7 Å². The average Bonchev–Trinajstić information content (AvgIpc) is 2.84. The molecule has 4 rings (SSSR count). The second-order valence-electron chi connectivity index (χ2n) is 7.19. The molecule has 1 aromatic heterocycles. The third kappa shape index (κ3) is 4.47. The molecule has 0 saturated heterocycles. The van der Waals surface area contributed by atoms with Crippen LogP contribution in [0, 0.1) is 11.3 Å². The van der Waals surface area contributed by atoms with Gasteiger partial charge < -0.3 is 14.8 Å². The van der Waals surface area contributed by atoms with E-state index >= 15 is 0 Å². The monoisotopic (exact) mass is 424 g/mol. The van der Waals surface area contributed by atoms with E-state index in [2.05, 4.69) is 39.6 Å². The summed E-state index contributed by atoms with van der Waals surface area (Å²) in [5.41, 5.74) is 3.30. The summed E-state index contributed by atoms with van der Waals surface area (Å²) >= 11 is 0. The molecule has 1 N–H and O–H groups in total. The fraction of sp³-hybridized carbons (Fsp3) is 0.192. The summed E-state index contributed by atoms with van der Waals surface area (Å²) in [6.07, 6.45) is 2.32. The molecule has 0 atom stereocenters. The summed E-state index contributed by atoms with van der Waals surface area (Å²) < 4.78 is 11.2. The van der Waals surface area contributed by atoms with E-state index in [4.69, 9.17) is 9.47 Å². The molecule has 0 radical (unpaired) electrons. The zero-order valence-corrected chi connectivity index (χ0v) is 18.1. The summed E-state index contributed by atoms with van der Waals surface area (Å²) in [6.45, 7) is 3.08. The maximum atomic E-state index is 9.27. The van der Waals surface area contributed by atoms with Crippen LogP contribution in [-0.4, -0.2) is 30.2 Å². The van der Waals surface area contributed by atoms with E-state index in [-0.39, 0.29) is 0 Å². The van der Waals surface area contributed by atoms with E-state index in [0.717, 1.165) is 29.2 Å². The van der Waals surface area contributed by atoms with Crippen LogP contribution in [0.4, 0.5) is 5.82 Å². The second-order valence-corrected chi connectivity index (χ2v) is 7.19. The molecule has 0 bridgehead atoms. The van der Waals surface area contributed by atoms with Crippen molar-refractivity contribution in [3.8, 4) is 28.8 Å². The van der Waals surface area contributed by atoms with Crippen LogP contribution in [0.15, 0.2) is 67.0 Å². The van der Waals surface area contributed by atoms with Crippen LogP contribution in [-0.2, 0) is 6.42 Å². The molecular weight excluding hydrogens is 400 g/mol. The van der Waals surface area contributed by atoms with Crippen molar-refractivity contribution < 1.29 is 9.47 Å². The average molecular weight is 425 g/mol. The van der Waals surface area contributed by atoms with Gasteiger partial charge in [-0.1, -0.05) is 36.4 Å². The molecule has 0 aliphatic carbocycles. The second kappa shape index (κ2) is 9.80. The van der Waals surface area contributed by atoms with Crippen molar-refractivity contribution in [2.75, 3.05) is 25.6 Å². The molecule has 160 valence electrons. The van der Waals surface area contributed by atoms with E-state index in [1.165, 1.54) is 22.7 Å². The largest absolute Gasteiger partial charge is 0.496 e. The quantitative estimate of drug-likeness (QED) is 0.417. The van der Waals surface area contributed by atoms with Gasteiger partial charge in [0.25, 0.3) is 0 Å². The number of anilines is 1.